The summed E-state index contributed by atoms with van der Waals surface area (Å²) < 4.78 is 0. The first-order valence-corrected chi connectivity index (χ1v) is 5.86. The number of carbonyl (C=O) groups is 2. The third-order valence-electron chi connectivity index (χ3n) is 3.26. The van der Waals surface area contributed by atoms with Crippen LogP contribution in [0.25, 0.3) is 0 Å². The molecule has 0 aromatic heterocycles. The zero-order chi connectivity index (χ0) is 13.3. The number of aryl methyl sites for hydroxylation is 1. The van der Waals surface area contributed by atoms with E-state index in [1.54, 1.807) is 11.9 Å². The Hall–Kier alpha value is -1.88. The molecule has 0 saturated carbocycles. The van der Waals surface area contributed by atoms with Crippen molar-refractivity contribution in [3.05, 3.63) is 29.3 Å². The van der Waals surface area contributed by atoms with Crippen molar-refractivity contribution >= 4 is 17.6 Å². The van der Waals surface area contributed by atoms with E-state index in [1.165, 1.54) is 0 Å². The van der Waals surface area contributed by atoms with E-state index in [9.17, 15) is 9.59 Å². The van der Waals surface area contributed by atoms with Crippen LogP contribution in [0.1, 0.15) is 17.5 Å². The number of rotatable bonds is 3. The number of nitrogens with zero attached hydrogens (tertiary/aromatic N) is 1. The van der Waals surface area contributed by atoms with E-state index in [2.05, 4.69) is 0 Å². The molecule has 0 saturated heterocycles. The Bertz CT molecular complexity index is 499. The number of nitrogens with two attached hydrogens (primary N) is 1. The lowest BCUT2D eigenvalue weighted by atomic mass is 9.96. The molecule has 1 aromatic rings. The van der Waals surface area contributed by atoms with Crippen LogP contribution in [0.2, 0.25) is 0 Å². The SMILES string of the molecule is CN1C(=O)CCc2cc(CC(N)C(=O)O)ccc21. The molecule has 0 fully saturated rings. The fourth-order valence-electron chi connectivity index (χ4n) is 2.18. The minimum absolute atomic E-state index is 0.109. The van der Waals surface area contributed by atoms with Gasteiger partial charge in [-0.1, -0.05) is 12.1 Å². The molecule has 1 aliphatic rings. The first-order chi connectivity index (χ1) is 8.49. The third kappa shape index (κ3) is 2.36. The van der Waals surface area contributed by atoms with E-state index in [4.69, 9.17) is 10.8 Å². The third-order valence-corrected chi connectivity index (χ3v) is 3.26. The van der Waals surface area contributed by atoms with Crippen LogP contribution in [-0.2, 0) is 22.4 Å². The van der Waals surface area contributed by atoms with Gasteiger partial charge in [0.05, 0.1) is 0 Å². The van der Waals surface area contributed by atoms with Crippen LogP contribution in [0.3, 0.4) is 0 Å². The molecule has 0 radical (unpaired) electrons. The summed E-state index contributed by atoms with van der Waals surface area (Å²) in [5.74, 6) is -0.891. The second-order valence-corrected chi connectivity index (χ2v) is 4.56. The van der Waals surface area contributed by atoms with Gasteiger partial charge in [0.1, 0.15) is 6.04 Å². The quantitative estimate of drug-likeness (QED) is 0.818. The van der Waals surface area contributed by atoms with Crippen LogP contribution in [-0.4, -0.2) is 30.1 Å². The molecule has 1 heterocycles. The lowest BCUT2D eigenvalue weighted by Gasteiger charge is -2.26. The molecular weight excluding hydrogens is 232 g/mol. The summed E-state index contributed by atoms with van der Waals surface area (Å²) >= 11 is 0. The van der Waals surface area contributed by atoms with Gasteiger partial charge in [0.15, 0.2) is 0 Å². The molecule has 5 heteroatoms. The molecule has 0 aliphatic carbocycles. The van der Waals surface area contributed by atoms with Gasteiger partial charge in [-0.2, -0.15) is 0 Å². The predicted molar refractivity (Wildman–Crippen MR) is 67.5 cm³/mol. The van der Waals surface area contributed by atoms with Crippen LogP contribution < -0.4 is 10.6 Å². The normalized spacial score (nSPS) is 16.3. The largest absolute Gasteiger partial charge is 0.480 e. The van der Waals surface area contributed by atoms with Gasteiger partial charge < -0.3 is 15.7 Å². The Labute approximate surface area is 105 Å². The minimum Gasteiger partial charge on any atom is -0.480 e. The van der Waals surface area contributed by atoms with Crippen molar-refractivity contribution in [3.8, 4) is 0 Å². The molecule has 1 atom stereocenters. The molecule has 96 valence electrons. The second kappa shape index (κ2) is 4.78. The Morgan fingerprint density at radius 1 is 1.50 bits per heavy atom. The van der Waals surface area contributed by atoms with Crippen LogP contribution in [0.4, 0.5) is 5.69 Å². The molecule has 1 aliphatic heterocycles. The van der Waals surface area contributed by atoms with Gasteiger partial charge >= 0.3 is 5.97 Å². The average Bonchev–Trinajstić information content (AvgIpc) is 2.34. The van der Waals surface area contributed by atoms with E-state index in [0.717, 1.165) is 16.8 Å². The van der Waals surface area contributed by atoms with Gasteiger partial charge in [-0.15, -0.1) is 0 Å². The van der Waals surface area contributed by atoms with Crippen molar-refractivity contribution in [2.75, 3.05) is 11.9 Å². The van der Waals surface area contributed by atoms with Crippen LogP contribution in [0.15, 0.2) is 18.2 Å². The van der Waals surface area contributed by atoms with Crippen LogP contribution in [0, 0.1) is 0 Å². The highest BCUT2D eigenvalue weighted by molar-refractivity contribution is 5.95. The number of benzene rings is 1. The van der Waals surface area contributed by atoms with Crippen molar-refractivity contribution in [1.82, 2.24) is 0 Å². The van der Waals surface area contributed by atoms with Crippen molar-refractivity contribution in [2.45, 2.75) is 25.3 Å². The lowest BCUT2D eigenvalue weighted by Crippen LogP contribution is -2.33. The Balaban J connectivity index is 2.23. The number of amides is 1. The highest BCUT2D eigenvalue weighted by Crippen LogP contribution is 2.27. The number of carbonyl (C=O) groups excluding carboxylic acids is 1. The van der Waals surface area contributed by atoms with Crippen molar-refractivity contribution < 1.29 is 14.7 Å². The van der Waals surface area contributed by atoms with Gasteiger partial charge in [-0.3, -0.25) is 9.59 Å². The summed E-state index contributed by atoms with van der Waals surface area (Å²) in [6.07, 6.45) is 1.51. The maximum absolute atomic E-state index is 11.5. The summed E-state index contributed by atoms with van der Waals surface area (Å²) in [5, 5.41) is 8.78. The van der Waals surface area contributed by atoms with Gasteiger partial charge in [-0.25, -0.2) is 0 Å². The molecular formula is C13H16N2O3. The maximum Gasteiger partial charge on any atom is 0.320 e. The van der Waals surface area contributed by atoms with Gasteiger partial charge in [0.25, 0.3) is 0 Å². The predicted octanol–water partition coefficient (Wildman–Crippen LogP) is 0.550. The topological polar surface area (TPSA) is 83.6 Å². The van der Waals surface area contributed by atoms with E-state index < -0.39 is 12.0 Å². The Kier molecular flexibility index (Phi) is 3.34. The van der Waals surface area contributed by atoms with Gasteiger partial charge in [0.2, 0.25) is 5.91 Å². The lowest BCUT2D eigenvalue weighted by molar-refractivity contribution is -0.138. The number of fused-ring (bicyclic) bond motifs is 1. The first kappa shape index (κ1) is 12.6. The van der Waals surface area contributed by atoms with E-state index in [0.29, 0.717) is 19.3 Å². The zero-order valence-electron chi connectivity index (χ0n) is 10.2. The highest BCUT2D eigenvalue weighted by Gasteiger charge is 2.21. The Morgan fingerprint density at radius 3 is 2.89 bits per heavy atom. The van der Waals surface area contributed by atoms with Crippen molar-refractivity contribution in [2.24, 2.45) is 5.73 Å². The van der Waals surface area contributed by atoms with Crippen molar-refractivity contribution in [3.63, 3.8) is 0 Å². The summed E-state index contributed by atoms with van der Waals surface area (Å²) in [7, 11) is 1.75. The number of hydrogen-bond donors (Lipinski definition) is 2. The summed E-state index contributed by atoms with van der Waals surface area (Å²) in [6, 6.07) is 4.75. The first-order valence-electron chi connectivity index (χ1n) is 5.86. The second-order valence-electron chi connectivity index (χ2n) is 4.56. The summed E-state index contributed by atoms with van der Waals surface area (Å²) in [6.45, 7) is 0. The number of anilines is 1. The number of carboxylic acid groups (broad SMARTS) is 1. The molecule has 1 aromatic carbocycles. The molecule has 1 amide bonds. The summed E-state index contributed by atoms with van der Waals surface area (Å²) in [4.78, 5) is 23.9. The molecule has 0 bridgehead atoms. The maximum atomic E-state index is 11.5. The fraction of sp³-hybridized carbons (Fsp3) is 0.385. The molecule has 3 N–H and O–H groups in total. The minimum atomic E-state index is -1.000. The molecule has 0 spiro atoms. The molecule has 2 rings (SSSR count). The van der Waals surface area contributed by atoms with E-state index in [-0.39, 0.29) is 5.91 Å². The van der Waals surface area contributed by atoms with Gasteiger partial charge in [0, 0.05) is 19.2 Å². The standard InChI is InChI=1S/C13H16N2O3/c1-15-11-4-2-8(7-10(14)13(17)18)6-9(11)3-5-12(15)16/h2,4,6,10H,3,5,7,14H2,1H3,(H,17,18). The van der Waals surface area contributed by atoms with Crippen LogP contribution in [0.5, 0.6) is 0 Å². The average molecular weight is 248 g/mol. The molecule has 1 unspecified atom stereocenters. The number of aliphatic carboxylic acids is 1. The molecule has 18 heavy (non-hydrogen) atoms. The van der Waals surface area contributed by atoms with Crippen molar-refractivity contribution in [1.29, 1.82) is 0 Å². The summed E-state index contributed by atoms with van der Waals surface area (Å²) in [5.41, 5.74) is 8.38. The Morgan fingerprint density at radius 2 is 2.22 bits per heavy atom. The van der Waals surface area contributed by atoms with E-state index in [1.807, 2.05) is 18.2 Å². The monoisotopic (exact) mass is 248 g/mol. The fourth-order valence-corrected chi connectivity index (χ4v) is 2.18. The number of carboxylic acids is 1. The number of hydrogen-bond acceptors (Lipinski definition) is 3. The smallest absolute Gasteiger partial charge is 0.320 e. The van der Waals surface area contributed by atoms with Crippen LogP contribution >= 0.6 is 0 Å². The van der Waals surface area contributed by atoms with E-state index >= 15 is 0 Å². The zero-order valence-corrected chi connectivity index (χ0v) is 10.2. The highest BCUT2D eigenvalue weighted by atomic mass is 16.4. The van der Waals surface area contributed by atoms with Gasteiger partial charge in [-0.05, 0) is 30.0 Å². The molecule has 5 nitrogen and oxygen atoms in total.